The number of benzene rings is 3. The van der Waals surface area contributed by atoms with Crippen LogP contribution in [0.1, 0.15) is 90.0 Å². The van der Waals surface area contributed by atoms with E-state index in [4.69, 9.17) is 19.4 Å². The molecule has 11 atom stereocenters. The van der Waals surface area contributed by atoms with E-state index >= 15 is 0 Å². The third-order valence-corrected chi connectivity index (χ3v) is 14.7. The molecule has 2 aliphatic carbocycles. The Morgan fingerprint density at radius 3 is 1.80 bits per heavy atom. The van der Waals surface area contributed by atoms with Gasteiger partial charge in [0.2, 0.25) is 11.8 Å². The van der Waals surface area contributed by atoms with E-state index < -0.39 is 24.3 Å². The second kappa shape index (κ2) is 16.6. The summed E-state index contributed by atoms with van der Waals surface area (Å²) in [5.41, 5.74) is 5.68. The van der Waals surface area contributed by atoms with Crippen molar-refractivity contribution in [2.45, 2.75) is 115 Å². The van der Waals surface area contributed by atoms with Crippen molar-refractivity contribution in [1.29, 1.82) is 0 Å². The van der Waals surface area contributed by atoms with Crippen molar-refractivity contribution in [3.05, 3.63) is 84.7 Å². The van der Waals surface area contributed by atoms with Gasteiger partial charge < -0.3 is 39.7 Å². The summed E-state index contributed by atoms with van der Waals surface area (Å²) >= 11 is 0. The molecule has 2 saturated carbocycles. The summed E-state index contributed by atoms with van der Waals surface area (Å²) < 4.78 is 10.9. The Kier molecular flexibility index (Phi) is 10.9. The third-order valence-electron chi connectivity index (χ3n) is 14.7. The number of fused-ring (bicyclic) bond motifs is 3. The number of carbonyl (C=O) groups is 4. The molecule has 5 aromatic rings. The highest BCUT2D eigenvalue weighted by Gasteiger charge is 2.58. The number of carbonyl (C=O) groups excluding carboxylic acids is 3. The number of aromatic nitrogens is 4. The molecule has 4 amide bonds. The first-order valence-corrected chi connectivity index (χ1v) is 23.1. The first-order chi connectivity index (χ1) is 31.3. The van der Waals surface area contributed by atoms with E-state index in [-0.39, 0.29) is 60.0 Å². The standard InChI is InChI=1S/C50H58N8O7/c1-25(2)44(56(5)50(62)63)48(60)58-40-20-35(40)22-42(58)46-51-23-37(53-46)29-9-7-28(8-10-29)30-11-12-32-18-33(14-13-31(32)17-30)38-24-52-45(54-38)41-21-34-19-39(34)57(41)47(59)43(55-49(61)64-6)36-15-26(3)65-27(4)16-36/h7-14,17-18,23-27,34-36,39-44H,15-16,19-22H2,1-6H3,(H,51,53)(H,52,54)(H,55,61)(H,62,63)/t26-,27+,34-,35+,36?,39+,40+,41-,42-,43?,44-/m0/s1. The van der Waals surface area contributed by atoms with E-state index in [1.165, 1.54) is 14.2 Å². The number of hydrogen-bond acceptors (Lipinski definition) is 8. The van der Waals surface area contributed by atoms with E-state index in [1.807, 2.05) is 49.9 Å². The van der Waals surface area contributed by atoms with Gasteiger partial charge in [-0.1, -0.05) is 62.4 Å². The second-order valence-electron chi connectivity index (χ2n) is 19.5. The molecule has 4 N–H and O–H groups in total. The Morgan fingerprint density at radius 1 is 0.738 bits per heavy atom. The average Bonchev–Trinajstić information content (AvgIpc) is 3.87. The van der Waals surface area contributed by atoms with Gasteiger partial charge in [-0.05, 0) is 110 Å². The lowest BCUT2D eigenvalue weighted by Gasteiger charge is -2.38. The van der Waals surface area contributed by atoms with Gasteiger partial charge in [0, 0.05) is 42.7 Å². The summed E-state index contributed by atoms with van der Waals surface area (Å²) in [6.07, 6.45) is 6.97. The molecule has 0 spiro atoms. The molecule has 2 aromatic heterocycles. The number of piperidine rings is 2. The fourth-order valence-corrected chi connectivity index (χ4v) is 11.4. The molecular weight excluding hydrogens is 825 g/mol. The number of nitrogens with one attached hydrogen (secondary N) is 3. The molecule has 2 unspecified atom stereocenters. The molecular formula is C50H58N8O7. The number of rotatable bonds is 11. The molecule has 3 aromatic carbocycles. The maximum atomic E-state index is 14.5. The van der Waals surface area contributed by atoms with Gasteiger partial charge in [-0.2, -0.15) is 0 Å². The average molecular weight is 883 g/mol. The number of ether oxygens (including phenoxy) is 2. The zero-order valence-corrected chi connectivity index (χ0v) is 37.7. The number of likely N-dealkylation sites (tertiary alicyclic amines) is 2. The molecule has 5 fully saturated rings. The zero-order chi connectivity index (χ0) is 45.4. The molecule has 10 rings (SSSR count). The molecule has 5 aliphatic rings. The minimum absolute atomic E-state index is 0.0130. The van der Waals surface area contributed by atoms with E-state index in [0.717, 1.165) is 86.6 Å². The highest BCUT2D eigenvalue weighted by molar-refractivity contribution is 5.91. The third kappa shape index (κ3) is 8.01. The number of nitrogens with zero attached hydrogens (tertiary/aromatic N) is 5. The Morgan fingerprint density at radius 2 is 1.25 bits per heavy atom. The number of H-pyrrole nitrogens is 2. The summed E-state index contributed by atoms with van der Waals surface area (Å²) in [4.78, 5) is 74.6. The lowest BCUT2D eigenvalue weighted by atomic mass is 9.85. The minimum Gasteiger partial charge on any atom is -0.465 e. The maximum Gasteiger partial charge on any atom is 0.407 e. The Hall–Kier alpha value is -6.22. The number of methoxy groups -OCH3 is 1. The molecule has 5 heterocycles. The van der Waals surface area contributed by atoms with E-state index in [9.17, 15) is 24.3 Å². The second-order valence-corrected chi connectivity index (χ2v) is 19.5. The molecule has 3 aliphatic heterocycles. The number of carboxylic acid groups (broad SMARTS) is 1. The van der Waals surface area contributed by atoms with E-state index in [2.05, 4.69) is 75.9 Å². The van der Waals surface area contributed by atoms with Gasteiger partial charge in [0.25, 0.3) is 0 Å². The molecule has 15 heteroatoms. The Bertz CT molecular complexity index is 2630. The first kappa shape index (κ1) is 42.7. The summed E-state index contributed by atoms with van der Waals surface area (Å²) in [7, 11) is 2.80. The number of hydrogen-bond donors (Lipinski definition) is 4. The smallest absolute Gasteiger partial charge is 0.407 e. The summed E-state index contributed by atoms with van der Waals surface area (Å²) in [6, 6.07) is 19.5. The van der Waals surface area contributed by atoms with E-state index in [1.54, 1.807) is 0 Å². The van der Waals surface area contributed by atoms with Gasteiger partial charge in [0.15, 0.2) is 0 Å². The largest absolute Gasteiger partial charge is 0.465 e. The van der Waals surface area contributed by atoms with Crippen molar-refractivity contribution in [3.8, 4) is 33.6 Å². The SMILES string of the molecule is COC(=O)NC(C(=O)N1[C@@H]2C[C@H]2C[C@H]1c1nc(-c2ccc3cc(-c4ccc(-c5c[nH]c([C@@H]6C[C@H]7C[C@H]7N6C(=O)[C@H](C(C)C)N(C)C(=O)O)n5)cc4)ccc3c2)c[nH]1)C1C[C@@H](C)O[C@@H](C)C1. The summed E-state index contributed by atoms with van der Waals surface area (Å²) in [5, 5.41) is 14.8. The van der Waals surface area contributed by atoms with Crippen LogP contribution in [0.15, 0.2) is 73.1 Å². The molecule has 3 saturated heterocycles. The van der Waals surface area contributed by atoms with Crippen molar-refractivity contribution in [2.75, 3.05) is 14.2 Å². The monoisotopic (exact) mass is 882 g/mol. The first-order valence-electron chi connectivity index (χ1n) is 23.1. The Labute approximate surface area is 378 Å². The molecule has 0 radical (unpaired) electrons. The minimum atomic E-state index is -1.11. The quantitative estimate of drug-likeness (QED) is 0.102. The van der Waals surface area contributed by atoms with Crippen LogP contribution in [0.3, 0.4) is 0 Å². The van der Waals surface area contributed by atoms with Crippen molar-refractivity contribution in [3.63, 3.8) is 0 Å². The number of alkyl carbamates (subject to hydrolysis) is 1. The number of amides is 4. The lowest BCUT2D eigenvalue weighted by molar-refractivity contribution is -0.140. The normalized spacial score (nSPS) is 27.5. The number of likely N-dealkylation sites (N-methyl/N-ethyl adjacent to an activating group) is 1. The van der Waals surface area contributed by atoms with Crippen LogP contribution < -0.4 is 5.32 Å². The van der Waals surface area contributed by atoms with Crippen molar-refractivity contribution in [2.24, 2.45) is 23.7 Å². The molecule has 0 bridgehead atoms. The van der Waals surface area contributed by atoms with Gasteiger partial charge in [-0.15, -0.1) is 0 Å². The summed E-state index contributed by atoms with van der Waals surface area (Å²) in [6.45, 7) is 7.80. The van der Waals surface area contributed by atoms with Crippen LogP contribution in [0.4, 0.5) is 9.59 Å². The van der Waals surface area contributed by atoms with Crippen molar-refractivity contribution in [1.82, 2.24) is 40.0 Å². The predicted octanol–water partition coefficient (Wildman–Crippen LogP) is 8.17. The van der Waals surface area contributed by atoms with Crippen LogP contribution in [-0.4, -0.2) is 114 Å². The Balaban J connectivity index is 0.825. The highest BCUT2D eigenvalue weighted by Crippen LogP contribution is 2.55. The van der Waals surface area contributed by atoms with E-state index in [0.29, 0.717) is 24.7 Å². The fourth-order valence-electron chi connectivity index (χ4n) is 11.4. The highest BCUT2D eigenvalue weighted by atomic mass is 16.5. The van der Waals surface area contributed by atoms with Crippen molar-refractivity contribution < 1.29 is 33.8 Å². The zero-order valence-electron chi connectivity index (χ0n) is 37.7. The fraction of sp³-hybridized carbons (Fsp3) is 0.480. The van der Waals surface area contributed by atoms with Gasteiger partial charge >= 0.3 is 12.2 Å². The number of imidazole rings is 2. The van der Waals surface area contributed by atoms with Crippen LogP contribution in [-0.2, 0) is 19.1 Å². The van der Waals surface area contributed by atoms with Crippen LogP contribution in [0.2, 0.25) is 0 Å². The van der Waals surface area contributed by atoms with Gasteiger partial charge in [-0.3, -0.25) is 14.5 Å². The molecule has 65 heavy (non-hydrogen) atoms. The summed E-state index contributed by atoms with van der Waals surface area (Å²) in [5.74, 6) is 1.84. The van der Waals surface area contributed by atoms with Crippen LogP contribution in [0.5, 0.6) is 0 Å². The lowest BCUT2D eigenvalue weighted by Crippen LogP contribution is -2.55. The van der Waals surface area contributed by atoms with Crippen LogP contribution in [0, 0.1) is 23.7 Å². The van der Waals surface area contributed by atoms with Crippen molar-refractivity contribution >= 4 is 34.8 Å². The van der Waals surface area contributed by atoms with Gasteiger partial charge in [0.05, 0.1) is 42.8 Å². The van der Waals surface area contributed by atoms with Crippen LogP contribution in [0.25, 0.3) is 44.4 Å². The van der Waals surface area contributed by atoms with Gasteiger partial charge in [-0.25, -0.2) is 19.6 Å². The van der Waals surface area contributed by atoms with Crippen LogP contribution >= 0.6 is 0 Å². The molecule has 340 valence electrons. The predicted molar refractivity (Wildman–Crippen MR) is 243 cm³/mol. The molecule has 15 nitrogen and oxygen atoms in total. The maximum absolute atomic E-state index is 14.5. The number of aromatic amines is 2. The topological polar surface area (TPSA) is 186 Å². The van der Waals surface area contributed by atoms with Gasteiger partial charge in [0.1, 0.15) is 23.7 Å².